The van der Waals surface area contributed by atoms with E-state index in [-0.39, 0.29) is 17.6 Å². The molecule has 2 heterocycles. The maximum atomic E-state index is 12.0. The number of nitrogens with zero attached hydrogens (tertiary/aromatic N) is 2. The molecule has 4 nitrogen and oxygen atoms in total. The number of amides is 1. The topological polar surface area (TPSA) is 40.6 Å². The van der Waals surface area contributed by atoms with Gasteiger partial charge in [-0.1, -0.05) is 19.9 Å². The van der Waals surface area contributed by atoms with Crippen LogP contribution in [0.1, 0.15) is 23.5 Å². The molecule has 5 heteroatoms. The zero-order valence-corrected chi connectivity index (χ0v) is 12.3. The number of hydrogen-bond donors (Lipinski definition) is 0. The van der Waals surface area contributed by atoms with E-state index in [2.05, 4.69) is 4.90 Å². The van der Waals surface area contributed by atoms with Crippen LogP contribution in [-0.2, 0) is 4.79 Å². The summed E-state index contributed by atoms with van der Waals surface area (Å²) in [5, 5.41) is 1.92. The minimum atomic E-state index is 0.0549. The summed E-state index contributed by atoms with van der Waals surface area (Å²) < 4.78 is 0. The van der Waals surface area contributed by atoms with Gasteiger partial charge in [-0.15, -0.1) is 11.3 Å². The van der Waals surface area contributed by atoms with E-state index in [9.17, 15) is 9.59 Å². The molecule has 2 rings (SSSR count). The van der Waals surface area contributed by atoms with Crippen molar-refractivity contribution in [3.8, 4) is 0 Å². The van der Waals surface area contributed by atoms with Crippen molar-refractivity contribution in [2.24, 2.45) is 5.92 Å². The zero-order valence-electron chi connectivity index (χ0n) is 11.5. The Bertz CT molecular complexity index is 434. The summed E-state index contributed by atoms with van der Waals surface area (Å²) in [6.07, 6.45) is 0. The van der Waals surface area contributed by atoms with Crippen LogP contribution in [0.25, 0.3) is 0 Å². The van der Waals surface area contributed by atoms with E-state index in [0.717, 1.165) is 31.1 Å². The summed E-state index contributed by atoms with van der Waals surface area (Å²) in [5.74, 6) is 0.446. The monoisotopic (exact) mass is 280 g/mol. The third-order valence-electron chi connectivity index (χ3n) is 3.34. The summed E-state index contributed by atoms with van der Waals surface area (Å²) in [6.45, 7) is 7.35. The molecule has 0 aliphatic carbocycles. The van der Waals surface area contributed by atoms with Gasteiger partial charge in [-0.05, 0) is 11.4 Å². The van der Waals surface area contributed by atoms with Crippen molar-refractivity contribution in [1.82, 2.24) is 9.80 Å². The van der Waals surface area contributed by atoms with Gasteiger partial charge in [0, 0.05) is 32.1 Å². The van der Waals surface area contributed by atoms with Crippen molar-refractivity contribution in [1.29, 1.82) is 0 Å². The second-order valence-electron chi connectivity index (χ2n) is 5.16. The Morgan fingerprint density at radius 2 is 1.95 bits per heavy atom. The average molecular weight is 280 g/mol. The van der Waals surface area contributed by atoms with Crippen molar-refractivity contribution >= 4 is 23.0 Å². The molecule has 1 aliphatic rings. The number of piperazine rings is 1. The molecule has 0 spiro atoms. The first-order valence-corrected chi connectivity index (χ1v) is 7.53. The molecule has 0 radical (unpaired) electrons. The fourth-order valence-electron chi connectivity index (χ4n) is 2.21. The van der Waals surface area contributed by atoms with Gasteiger partial charge in [0.05, 0.1) is 11.4 Å². The summed E-state index contributed by atoms with van der Waals surface area (Å²) in [4.78, 5) is 28.7. The second-order valence-corrected chi connectivity index (χ2v) is 6.10. The molecule has 1 aromatic rings. The molecule has 0 unspecified atom stereocenters. The number of hydrogen-bond acceptors (Lipinski definition) is 4. The maximum absolute atomic E-state index is 12.0. The highest BCUT2D eigenvalue weighted by Crippen LogP contribution is 2.12. The van der Waals surface area contributed by atoms with Crippen LogP contribution in [0.2, 0.25) is 0 Å². The Morgan fingerprint density at radius 1 is 1.26 bits per heavy atom. The third-order valence-corrected chi connectivity index (χ3v) is 4.25. The lowest BCUT2D eigenvalue weighted by Crippen LogP contribution is -2.50. The molecule has 1 fully saturated rings. The van der Waals surface area contributed by atoms with E-state index < -0.39 is 0 Å². The molecule has 1 aliphatic heterocycles. The molecule has 0 N–H and O–H groups in total. The predicted octanol–water partition coefficient (Wildman–Crippen LogP) is 1.73. The van der Waals surface area contributed by atoms with Gasteiger partial charge in [-0.2, -0.15) is 0 Å². The van der Waals surface area contributed by atoms with Gasteiger partial charge < -0.3 is 4.90 Å². The largest absolute Gasteiger partial charge is 0.340 e. The van der Waals surface area contributed by atoms with Gasteiger partial charge in [0.25, 0.3) is 0 Å². The highest BCUT2D eigenvalue weighted by atomic mass is 32.1. The van der Waals surface area contributed by atoms with Gasteiger partial charge >= 0.3 is 0 Å². The fraction of sp³-hybridized carbons (Fsp3) is 0.571. The number of ketones is 1. The molecule has 0 atom stereocenters. The van der Waals surface area contributed by atoms with E-state index in [0.29, 0.717) is 6.54 Å². The maximum Gasteiger partial charge on any atom is 0.225 e. The minimum absolute atomic E-state index is 0.0549. The van der Waals surface area contributed by atoms with Gasteiger partial charge in [0.2, 0.25) is 5.91 Å². The van der Waals surface area contributed by atoms with Crippen LogP contribution >= 0.6 is 11.3 Å². The smallest absolute Gasteiger partial charge is 0.225 e. The molecule has 1 amide bonds. The summed E-state index contributed by atoms with van der Waals surface area (Å²) >= 11 is 1.49. The Hall–Kier alpha value is -1.20. The first kappa shape index (κ1) is 14.2. The Morgan fingerprint density at radius 3 is 2.47 bits per heavy atom. The molecular weight excluding hydrogens is 260 g/mol. The van der Waals surface area contributed by atoms with Crippen LogP contribution in [-0.4, -0.2) is 54.2 Å². The molecular formula is C14H20N2O2S. The van der Waals surface area contributed by atoms with E-state index >= 15 is 0 Å². The average Bonchev–Trinajstić information content (AvgIpc) is 2.92. The number of carbonyl (C=O) groups is 2. The summed E-state index contributed by atoms with van der Waals surface area (Å²) in [7, 11) is 0. The third kappa shape index (κ3) is 3.64. The number of Topliss-reactive ketones (excluding diaryl/α,β-unsaturated/α-hetero) is 1. The SMILES string of the molecule is CC(C)C(=O)N1CCN(CC(=O)c2cccs2)CC1. The Labute approximate surface area is 118 Å². The van der Waals surface area contributed by atoms with Crippen LogP contribution in [0.3, 0.4) is 0 Å². The van der Waals surface area contributed by atoms with Crippen LogP contribution in [0, 0.1) is 5.92 Å². The molecule has 0 bridgehead atoms. The normalized spacial score (nSPS) is 16.9. The van der Waals surface area contributed by atoms with E-state index in [1.807, 2.05) is 36.3 Å². The standard InChI is InChI=1S/C14H20N2O2S/c1-11(2)14(18)16-7-5-15(6-8-16)10-12(17)13-4-3-9-19-13/h3-4,9,11H,5-8,10H2,1-2H3. The highest BCUT2D eigenvalue weighted by Gasteiger charge is 2.24. The molecule has 1 aromatic heterocycles. The lowest BCUT2D eigenvalue weighted by molar-refractivity contribution is -0.136. The van der Waals surface area contributed by atoms with E-state index in [1.54, 1.807) is 0 Å². The Balaban J connectivity index is 1.81. The first-order chi connectivity index (χ1) is 9.08. The van der Waals surface area contributed by atoms with Crippen LogP contribution < -0.4 is 0 Å². The first-order valence-electron chi connectivity index (χ1n) is 6.66. The number of rotatable bonds is 4. The van der Waals surface area contributed by atoms with Crippen molar-refractivity contribution in [2.45, 2.75) is 13.8 Å². The van der Waals surface area contributed by atoms with Crippen molar-refractivity contribution in [2.75, 3.05) is 32.7 Å². The molecule has 0 saturated carbocycles. The molecule has 0 aromatic carbocycles. The summed E-state index contributed by atoms with van der Waals surface area (Å²) in [5.41, 5.74) is 0. The quantitative estimate of drug-likeness (QED) is 0.789. The van der Waals surface area contributed by atoms with Gasteiger partial charge in [0.1, 0.15) is 0 Å². The lowest BCUT2D eigenvalue weighted by atomic mass is 10.1. The van der Waals surface area contributed by atoms with Crippen LogP contribution in [0.15, 0.2) is 17.5 Å². The van der Waals surface area contributed by atoms with E-state index in [4.69, 9.17) is 0 Å². The number of carbonyl (C=O) groups excluding carboxylic acids is 2. The fourth-order valence-corrected chi connectivity index (χ4v) is 2.87. The minimum Gasteiger partial charge on any atom is -0.340 e. The van der Waals surface area contributed by atoms with Crippen molar-refractivity contribution in [3.05, 3.63) is 22.4 Å². The van der Waals surface area contributed by atoms with Crippen LogP contribution in [0.5, 0.6) is 0 Å². The molecule has 104 valence electrons. The lowest BCUT2D eigenvalue weighted by Gasteiger charge is -2.35. The Kier molecular flexibility index (Phi) is 4.71. The van der Waals surface area contributed by atoms with Crippen molar-refractivity contribution in [3.63, 3.8) is 0 Å². The molecule has 19 heavy (non-hydrogen) atoms. The van der Waals surface area contributed by atoms with Crippen LogP contribution in [0.4, 0.5) is 0 Å². The highest BCUT2D eigenvalue weighted by molar-refractivity contribution is 7.12. The van der Waals surface area contributed by atoms with Crippen molar-refractivity contribution < 1.29 is 9.59 Å². The van der Waals surface area contributed by atoms with E-state index in [1.165, 1.54) is 11.3 Å². The zero-order chi connectivity index (χ0) is 13.8. The molecule has 1 saturated heterocycles. The second kappa shape index (κ2) is 6.30. The summed E-state index contributed by atoms with van der Waals surface area (Å²) in [6, 6.07) is 3.77. The van der Waals surface area contributed by atoms with Gasteiger partial charge in [-0.3, -0.25) is 14.5 Å². The van der Waals surface area contributed by atoms with Gasteiger partial charge in [0.15, 0.2) is 5.78 Å². The number of thiophene rings is 1. The van der Waals surface area contributed by atoms with Gasteiger partial charge in [-0.25, -0.2) is 0 Å². The predicted molar refractivity (Wildman–Crippen MR) is 76.5 cm³/mol.